The number of allylic oxidation sites excluding steroid dienone is 1. The number of carboxylic acid groups (broad SMARTS) is 1. The van der Waals surface area contributed by atoms with E-state index in [1.165, 1.54) is 18.2 Å². The number of fused-ring (bicyclic) bond motifs is 2. The van der Waals surface area contributed by atoms with Crippen molar-refractivity contribution in [3.8, 4) is 0 Å². The van der Waals surface area contributed by atoms with Crippen molar-refractivity contribution in [1.82, 2.24) is 0 Å². The van der Waals surface area contributed by atoms with Crippen molar-refractivity contribution in [1.29, 1.82) is 0 Å². The number of amides is 1. The molecule has 4 rings (SSSR count). The third-order valence-electron chi connectivity index (χ3n) is 4.59. The van der Waals surface area contributed by atoms with Crippen LogP contribution in [0.2, 0.25) is 5.02 Å². The third kappa shape index (κ3) is 3.30. The summed E-state index contributed by atoms with van der Waals surface area (Å²) in [6.45, 7) is 0. The second kappa shape index (κ2) is 6.98. The second-order valence-corrected chi connectivity index (χ2v) is 6.87. The Morgan fingerprint density at radius 3 is 2.57 bits per heavy atom. The molecule has 0 bridgehead atoms. The number of hydrogen-bond acceptors (Lipinski definition) is 4. The number of nitrogens with one attached hydrogen (secondary N) is 1. The molecule has 1 amide bonds. The monoisotopic (exact) mass is 395 g/mol. The van der Waals surface area contributed by atoms with Crippen molar-refractivity contribution in [2.75, 3.05) is 5.32 Å². The van der Waals surface area contributed by atoms with Crippen LogP contribution in [0, 0.1) is 0 Å². The lowest BCUT2D eigenvalue weighted by Gasteiger charge is -2.07. The van der Waals surface area contributed by atoms with Crippen LogP contribution in [-0.2, 0) is 16.0 Å². The summed E-state index contributed by atoms with van der Waals surface area (Å²) in [7, 11) is 0. The van der Waals surface area contributed by atoms with Gasteiger partial charge in [-0.1, -0.05) is 23.7 Å². The van der Waals surface area contributed by atoms with E-state index in [1.54, 1.807) is 12.1 Å². The summed E-state index contributed by atoms with van der Waals surface area (Å²) in [5, 5.41) is 12.0. The summed E-state index contributed by atoms with van der Waals surface area (Å²) in [5.41, 5.74) is 2.87. The molecule has 2 N–H and O–H groups in total. The minimum Gasteiger partial charge on any atom is -0.474 e. The molecule has 28 heavy (non-hydrogen) atoms. The molecular weight excluding hydrogens is 382 g/mol. The van der Waals surface area contributed by atoms with Gasteiger partial charge in [0.25, 0.3) is 0 Å². The van der Waals surface area contributed by atoms with Crippen LogP contribution in [0.5, 0.6) is 0 Å². The number of aliphatic carboxylic acids is 1. The van der Waals surface area contributed by atoms with Gasteiger partial charge in [-0.15, -0.1) is 0 Å². The number of halogens is 1. The van der Waals surface area contributed by atoms with Crippen LogP contribution in [0.4, 0.5) is 5.69 Å². The van der Waals surface area contributed by atoms with Crippen LogP contribution in [0.1, 0.15) is 23.3 Å². The summed E-state index contributed by atoms with van der Waals surface area (Å²) in [6.07, 6.45) is 3.22. The topological polar surface area (TPSA) is 96.6 Å². The first-order valence-corrected chi connectivity index (χ1v) is 8.91. The molecule has 2 aromatic carbocycles. The minimum atomic E-state index is -1.59. The fraction of sp³-hybridized carbons (Fsp3) is 0.0952. The van der Waals surface area contributed by atoms with Gasteiger partial charge in [0, 0.05) is 22.3 Å². The molecular formula is C21H14ClNO5. The first-order chi connectivity index (χ1) is 13.4. The fourth-order valence-electron chi connectivity index (χ4n) is 3.25. The number of carbonyl (C=O) groups excluding carboxylic acids is 1. The van der Waals surface area contributed by atoms with Crippen molar-refractivity contribution in [2.45, 2.75) is 12.8 Å². The highest BCUT2D eigenvalue weighted by atomic mass is 35.5. The molecule has 0 unspecified atom stereocenters. The molecule has 0 radical (unpaired) electrons. The Bertz CT molecular complexity index is 1210. The summed E-state index contributed by atoms with van der Waals surface area (Å²) in [5.74, 6) is -2.23. The summed E-state index contributed by atoms with van der Waals surface area (Å²) >= 11 is 5.92. The van der Waals surface area contributed by atoms with Gasteiger partial charge in [0.1, 0.15) is 11.3 Å². The highest BCUT2D eigenvalue weighted by molar-refractivity contribution is 6.36. The van der Waals surface area contributed by atoms with E-state index in [1.807, 2.05) is 18.2 Å². The van der Waals surface area contributed by atoms with Crippen LogP contribution < -0.4 is 10.7 Å². The predicted octanol–water partition coefficient (Wildman–Crippen LogP) is 3.96. The van der Waals surface area contributed by atoms with Gasteiger partial charge in [0.05, 0.1) is 5.39 Å². The molecule has 0 spiro atoms. The first kappa shape index (κ1) is 18.0. The van der Waals surface area contributed by atoms with Crippen LogP contribution in [-0.4, -0.2) is 17.0 Å². The number of hydrogen-bond donors (Lipinski definition) is 2. The number of benzene rings is 2. The largest absolute Gasteiger partial charge is 0.474 e. The van der Waals surface area contributed by atoms with E-state index >= 15 is 0 Å². The zero-order valence-corrected chi connectivity index (χ0v) is 15.2. The Hall–Kier alpha value is -3.38. The Morgan fingerprint density at radius 2 is 1.86 bits per heavy atom. The third-order valence-corrected chi connectivity index (χ3v) is 4.84. The maximum absolute atomic E-state index is 12.8. The van der Waals surface area contributed by atoms with E-state index in [4.69, 9.17) is 21.1 Å². The Balaban J connectivity index is 1.78. The van der Waals surface area contributed by atoms with Crippen molar-refractivity contribution in [3.05, 3.63) is 74.6 Å². The predicted molar refractivity (Wildman–Crippen MR) is 106 cm³/mol. The van der Waals surface area contributed by atoms with Crippen molar-refractivity contribution >= 4 is 51.8 Å². The highest BCUT2D eigenvalue weighted by Crippen LogP contribution is 2.34. The SMILES string of the molecule is O=C(O)C(=O)Nc1ccc2c(=O)c3c(oc2c1)/C(=C/c1ccc(Cl)cc1)CC3. The lowest BCUT2D eigenvalue weighted by atomic mass is 10.1. The summed E-state index contributed by atoms with van der Waals surface area (Å²) in [6, 6.07) is 11.8. The lowest BCUT2D eigenvalue weighted by Crippen LogP contribution is -2.21. The maximum Gasteiger partial charge on any atom is 0.394 e. The number of carboxylic acids is 1. The van der Waals surface area contributed by atoms with Crippen molar-refractivity contribution < 1.29 is 19.1 Å². The molecule has 1 heterocycles. The van der Waals surface area contributed by atoms with E-state index in [9.17, 15) is 14.4 Å². The number of rotatable bonds is 2. The molecule has 7 heteroatoms. The standard InChI is InChI=1S/C21H14ClNO5/c22-13-4-1-11(2-5-13)9-12-3-7-16-18(24)15-8-6-14(23-20(25)21(26)27)10-17(15)28-19(12)16/h1-2,4-6,8-10H,3,7H2,(H,23,25)(H,26,27)/b12-9+. The summed E-state index contributed by atoms with van der Waals surface area (Å²) < 4.78 is 5.98. The van der Waals surface area contributed by atoms with Gasteiger partial charge in [-0.3, -0.25) is 9.59 Å². The van der Waals surface area contributed by atoms with Gasteiger partial charge in [-0.2, -0.15) is 0 Å². The second-order valence-electron chi connectivity index (χ2n) is 6.43. The molecule has 1 aromatic heterocycles. The molecule has 0 saturated carbocycles. The van der Waals surface area contributed by atoms with E-state index in [2.05, 4.69) is 5.32 Å². The smallest absolute Gasteiger partial charge is 0.394 e. The fourth-order valence-corrected chi connectivity index (χ4v) is 3.38. The van der Waals surface area contributed by atoms with Crippen molar-refractivity contribution in [3.63, 3.8) is 0 Å². The molecule has 1 aliphatic rings. The molecule has 6 nitrogen and oxygen atoms in total. The molecule has 0 atom stereocenters. The minimum absolute atomic E-state index is 0.119. The Labute approximate surface area is 164 Å². The Morgan fingerprint density at radius 1 is 1.11 bits per heavy atom. The van der Waals surface area contributed by atoms with Crippen LogP contribution >= 0.6 is 11.6 Å². The van der Waals surface area contributed by atoms with Gasteiger partial charge in [-0.25, -0.2) is 4.79 Å². The van der Waals surface area contributed by atoms with Gasteiger partial charge >= 0.3 is 11.9 Å². The zero-order valence-electron chi connectivity index (χ0n) is 14.5. The van der Waals surface area contributed by atoms with Crippen LogP contribution in [0.25, 0.3) is 22.6 Å². The highest BCUT2D eigenvalue weighted by Gasteiger charge is 2.24. The van der Waals surface area contributed by atoms with Crippen LogP contribution in [0.15, 0.2) is 51.7 Å². The molecule has 0 saturated heterocycles. The van der Waals surface area contributed by atoms with E-state index < -0.39 is 11.9 Å². The maximum atomic E-state index is 12.8. The average Bonchev–Trinajstić information content (AvgIpc) is 3.06. The zero-order chi connectivity index (χ0) is 19.8. The molecule has 3 aromatic rings. The van der Waals surface area contributed by atoms with Gasteiger partial charge in [-0.05, 0) is 54.3 Å². The average molecular weight is 396 g/mol. The Kier molecular flexibility index (Phi) is 4.49. The molecule has 0 fully saturated rings. The first-order valence-electron chi connectivity index (χ1n) is 8.53. The quantitative estimate of drug-likeness (QED) is 0.640. The van der Waals surface area contributed by atoms with Gasteiger partial charge < -0.3 is 14.8 Å². The van der Waals surface area contributed by atoms with Gasteiger partial charge in [0.2, 0.25) is 0 Å². The van der Waals surface area contributed by atoms with E-state index in [-0.39, 0.29) is 16.7 Å². The molecule has 0 aliphatic heterocycles. The summed E-state index contributed by atoms with van der Waals surface area (Å²) in [4.78, 5) is 34.9. The normalized spacial score (nSPS) is 14.2. The number of carbonyl (C=O) groups is 2. The van der Waals surface area contributed by atoms with E-state index in [0.717, 1.165) is 11.1 Å². The van der Waals surface area contributed by atoms with Crippen LogP contribution in [0.3, 0.4) is 0 Å². The van der Waals surface area contributed by atoms with E-state index in [0.29, 0.717) is 34.6 Å². The number of anilines is 1. The van der Waals surface area contributed by atoms with Crippen molar-refractivity contribution in [2.24, 2.45) is 0 Å². The van der Waals surface area contributed by atoms with Gasteiger partial charge in [0.15, 0.2) is 5.43 Å². The molecule has 140 valence electrons. The molecule has 1 aliphatic carbocycles. The lowest BCUT2D eigenvalue weighted by molar-refractivity contribution is -0.147.